The second-order valence-electron chi connectivity index (χ2n) is 3.06. The molecular weight excluding hydrogens is 192 g/mol. The van der Waals surface area contributed by atoms with E-state index >= 15 is 0 Å². The maximum atomic E-state index is 11.7. The molecule has 0 unspecified atom stereocenters. The maximum absolute atomic E-state index is 11.7. The first-order valence-electron chi connectivity index (χ1n) is 4.59. The molecule has 0 fully saturated rings. The molecule has 0 atom stereocenters. The zero-order chi connectivity index (χ0) is 11.3. The van der Waals surface area contributed by atoms with E-state index in [-0.39, 0.29) is 5.91 Å². The van der Waals surface area contributed by atoms with Crippen LogP contribution in [0.5, 0.6) is 0 Å². The van der Waals surface area contributed by atoms with Crippen LogP contribution in [0, 0.1) is 0 Å². The van der Waals surface area contributed by atoms with Crippen LogP contribution in [0.25, 0.3) is 10.4 Å². The van der Waals surface area contributed by atoms with Crippen molar-refractivity contribution in [3.63, 3.8) is 0 Å². The van der Waals surface area contributed by atoms with E-state index in [4.69, 9.17) is 5.53 Å². The van der Waals surface area contributed by atoms with Gasteiger partial charge in [0.25, 0.3) is 5.91 Å². The van der Waals surface area contributed by atoms with Gasteiger partial charge in [-0.1, -0.05) is 17.2 Å². The van der Waals surface area contributed by atoms with Gasteiger partial charge in [0, 0.05) is 29.8 Å². The SMILES string of the molecule is CCN(C)C(=O)c1ccc(N=[N+]=[N-])cc1. The average Bonchev–Trinajstić information content (AvgIpc) is 2.28. The van der Waals surface area contributed by atoms with Crippen LogP contribution in [-0.2, 0) is 0 Å². The van der Waals surface area contributed by atoms with Crippen molar-refractivity contribution in [2.45, 2.75) is 6.92 Å². The first-order valence-corrected chi connectivity index (χ1v) is 4.59. The monoisotopic (exact) mass is 204 g/mol. The Bertz CT molecular complexity index is 392. The second kappa shape index (κ2) is 5.02. The topological polar surface area (TPSA) is 69.1 Å². The van der Waals surface area contributed by atoms with E-state index in [0.29, 0.717) is 17.8 Å². The maximum Gasteiger partial charge on any atom is 0.253 e. The van der Waals surface area contributed by atoms with Gasteiger partial charge in [-0.3, -0.25) is 4.79 Å². The summed E-state index contributed by atoms with van der Waals surface area (Å²) >= 11 is 0. The van der Waals surface area contributed by atoms with E-state index in [1.807, 2.05) is 6.92 Å². The Morgan fingerprint density at radius 1 is 1.47 bits per heavy atom. The fourth-order valence-corrected chi connectivity index (χ4v) is 1.09. The summed E-state index contributed by atoms with van der Waals surface area (Å²) in [6.45, 7) is 2.57. The van der Waals surface area contributed by atoms with E-state index < -0.39 is 0 Å². The molecule has 5 nitrogen and oxygen atoms in total. The third-order valence-corrected chi connectivity index (χ3v) is 2.10. The largest absolute Gasteiger partial charge is 0.342 e. The number of azide groups is 1. The minimum absolute atomic E-state index is 0.0370. The second-order valence-corrected chi connectivity index (χ2v) is 3.06. The van der Waals surface area contributed by atoms with E-state index in [1.165, 1.54) is 0 Å². The standard InChI is InChI=1S/C10H12N4O/c1-3-14(2)10(15)8-4-6-9(7-5-8)12-13-11/h4-7H,3H2,1-2H3. The molecule has 78 valence electrons. The van der Waals surface area contributed by atoms with Crippen LogP contribution in [0.1, 0.15) is 17.3 Å². The average molecular weight is 204 g/mol. The highest BCUT2D eigenvalue weighted by atomic mass is 16.2. The number of hydrogen-bond donors (Lipinski definition) is 0. The number of nitrogens with zero attached hydrogens (tertiary/aromatic N) is 4. The van der Waals surface area contributed by atoms with E-state index in [0.717, 1.165) is 0 Å². The summed E-state index contributed by atoms with van der Waals surface area (Å²) in [5.74, 6) is -0.0370. The van der Waals surface area contributed by atoms with Crippen molar-refractivity contribution in [2.24, 2.45) is 5.11 Å². The molecule has 1 rings (SSSR count). The van der Waals surface area contributed by atoms with Crippen LogP contribution < -0.4 is 0 Å². The zero-order valence-corrected chi connectivity index (χ0v) is 8.71. The van der Waals surface area contributed by atoms with Gasteiger partial charge in [-0.2, -0.15) is 0 Å². The molecule has 0 aromatic heterocycles. The third-order valence-electron chi connectivity index (χ3n) is 2.10. The molecule has 5 heteroatoms. The minimum Gasteiger partial charge on any atom is -0.342 e. The minimum atomic E-state index is -0.0370. The van der Waals surface area contributed by atoms with Crippen molar-refractivity contribution in [2.75, 3.05) is 13.6 Å². The lowest BCUT2D eigenvalue weighted by molar-refractivity contribution is 0.0802. The van der Waals surface area contributed by atoms with Crippen LogP contribution in [-0.4, -0.2) is 24.4 Å². The summed E-state index contributed by atoms with van der Waals surface area (Å²) in [5, 5.41) is 3.43. The molecular formula is C10H12N4O. The fraction of sp³-hybridized carbons (Fsp3) is 0.300. The number of amides is 1. The van der Waals surface area contributed by atoms with Crippen molar-refractivity contribution >= 4 is 11.6 Å². The highest BCUT2D eigenvalue weighted by Crippen LogP contribution is 2.13. The summed E-state index contributed by atoms with van der Waals surface area (Å²) in [5.41, 5.74) is 9.31. The number of benzene rings is 1. The Labute approximate surface area is 87.9 Å². The van der Waals surface area contributed by atoms with Gasteiger partial charge in [0.2, 0.25) is 0 Å². The molecule has 0 aliphatic rings. The van der Waals surface area contributed by atoms with Crippen LogP contribution in [0.15, 0.2) is 29.4 Å². The summed E-state index contributed by atoms with van der Waals surface area (Å²) in [6.07, 6.45) is 0. The van der Waals surface area contributed by atoms with Gasteiger partial charge in [-0.15, -0.1) is 0 Å². The van der Waals surface area contributed by atoms with E-state index in [2.05, 4.69) is 10.0 Å². The molecule has 0 radical (unpaired) electrons. The molecule has 0 N–H and O–H groups in total. The number of carbonyl (C=O) groups excluding carboxylic acids is 1. The predicted octanol–water partition coefficient (Wildman–Crippen LogP) is 2.72. The molecule has 0 heterocycles. The predicted molar refractivity (Wildman–Crippen MR) is 57.9 cm³/mol. The smallest absolute Gasteiger partial charge is 0.253 e. The summed E-state index contributed by atoms with van der Waals surface area (Å²) in [4.78, 5) is 15.9. The molecule has 0 aliphatic heterocycles. The first kappa shape index (κ1) is 11.1. The van der Waals surface area contributed by atoms with Gasteiger partial charge in [0.05, 0.1) is 0 Å². The Morgan fingerprint density at radius 3 is 2.53 bits per heavy atom. The van der Waals surface area contributed by atoms with Crippen molar-refractivity contribution in [1.29, 1.82) is 0 Å². The highest BCUT2D eigenvalue weighted by Gasteiger charge is 2.08. The van der Waals surface area contributed by atoms with Crippen molar-refractivity contribution in [1.82, 2.24) is 4.90 Å². The van der Waals surface area contributed by atoms with Gasteiger partial charge >= 0.3 is 0 Å². The van der Waals surface area contributed by atoms with Gasteiger partial charge in [-0.05, 0) is 24.6 Å². The number of hydrogen-bond acceptors (Lipinski definition) is 2. The van der Waals surface area contributed by atoms with E-state index in [9.17, 15) is 4.79 Å². The van der Waals surface area contributed by atoms with Crippen molar-refractivity contribution in [3.8, 4) is 0 Å². The molecule has 1 amide bonds. The molecule has 0 saturated carbocycles. The Morgan fingerprint density at radius 2 is 2.07 bits per heavy atom. The van der Waals surface area contributed by atoms with Gasteiger partial charge in [-0.25, -0.2) is 0 Å². The van der Waals surface area contributed by atoms with Crippen LogP contribution in [0.2, 0.25) is 0 Å². The van der Waals surface area contributed by atoms with Crippen LogP contribution in [0.3, 0.4) is 0 Å². The third kappa shape index (κ3) is 2.72. The molecule has 1 aromatic carbocycles. The number of carbonyl (C=O) groups is 1. The quantitative estimate of drug-likeness (QED) is 0.424. The van der Waals surface area contributed by atoms with E-state index in [1.54, 1.807) is 36.2 Å². The van der Waals surface area contributed by atoms with Gasteiger partial charge in [0.1, 0.15) is 0 Å². The summed E-state index contributed by atoms with van der Waals surface area (Å²) < 4.78 is 0. The highest BCUT2D eigenvalue weighted by molar-refractivity contribution is 5.94. The molecule has 1 aromatic rings. The Kier molecular flexibility index (Phi) is 3.71. The summed E-state index contributed by atoms with van der Waals surface area (Å²) in [6, 6.07) is 6.55. The Balaban J connectivity index is 2.89. The normalized spacial score (nSPS) is 9.20. The molecule has 0 spiro atoms. The molecule has 0 bridgehead atoms. The Hall–Kier alpha value is -2.00. The summed E-state index contributed by atoms with van der Waals surface area (Å²) in [7, 11) is 1.74. The first-order chi connectivity index (χ1) is 7.19. The lowest BCUT2D eigenvalue weighted by Crippen LogP contribution is -2.25. The van der Waals surface area contributed by atoms with Crippen LogP contribution >= 0.6 is 0 Å². The molecule has 0 saturated heterocycles. The van der Waals surface area contributed by atoms with Gasteiger partial charge in [0.15, 0.2) is 0 Å². The fourth-order valence-electron chi connectivity index (χ4n) is 1.09. The van der Waals surface area contributed by atoms with Crippen molar-refractivity contribution < 1.29 is 4.79 Å². The zero-order valence-electron chi connectivity index (χ0n) is 8.71. The molecule has 15 heavy (non-hydrogen) atoms. The molecule has 0 aliphatic carbocycles. The lowest BCUT2D eigenvalue weighted by atomic mass is 10.2. The van der Waals surface area contributed by atoms with Crippen molar-refractivity contribution in [3.05, 3.63) is 40.3 Å². The lowest BCUT2D eigenvalue weighted by Gasteiger charge is -2.14. The number of rotatable bonds is 3. The van der Waals surface area contributed by atoms with Gasteiger partial charge < -0.3 is 4.90 Å². The van der Waals surface area contributed by atoms with Crippen LogP contribution in [0.4, 0.5) is 5.69 Å².